The lowest BCUT2D eigenvalue weighted by molar-refractivity contribution is -0.139. The monoisotopic (exact) mass is 406 g/mol. The number of rotatable bonds is 3. The van der Waals surface area contributed by atoms with Crippen molar-refractivity contribution in [3.05, 3.63) is 68.6 Å². The number of nitrogens with zero attached hydrogens (tertiary/aromatic N) is 2. The van der Waals surface area contributed by atoms with Gasteiger partial charge in [0.05, 0.1) is 18.7 Å². The lowest BCUT2D eigenvalue weighted by Crippen LogP contribution is -2.44. The number of oxazole rings is 1. The molecule has 1 aromatic heterocycles. The molecule has 8 heteroatoms. The van der Waals surface area contributed by atoms with E-state index in [-0.39, 0.29) is 18.6 Å². The van der Waals surface area contributed by atoms with Crippen molar-refractivity contribution in [2.45, 2.75) is 12.6 Å². The van der Waals surface area contributed by atoms with Crippen LogP contribution in [0.4, 0.5) is 0 Å². The van der Waals surface area contributed by atoms with Gasteiger partial charge in [-0.2, -0.15) is 0 Å². The largest absolute Gasteiger partial charge is 0.420 e. The Morgan fingerprint density at radius 3 is 2.67 bits per heavy atom. The molecule has 0 radical (unpaired) electrons. The Morgan fingerprint density at radius 2 is 1.89 bits per heavy atom. The number of halogens is 2. The molecule has 1 atom stereocenters. The number of aromatic nitrogens is 1. The quantitative estimate of drug-likeness (QED) is 0.667. The van der Waals surface area contributed by atoms with Crippen LogP contribution in [0.25, 0.3) is 11.1 Å². The average Bonchev–Trinajstić information content (AvgIpc) is 2.96. The highest BCUT2D eigenvalue weighted by Gasteiger charge is 2.27. The Kier molecular flexibility index (Phi) is 4.95. The van der Waals surface area contributed by atoms with E-state index in [9.17, 15) is 9.59 Å². The zero-order valence-electron chi connectivity index (χ0n) is 14.2. The van der Waals surface area contributed by atoms with Crippen molar-refractivity contribution in [2.75, 3.05) is 19.7 Å². The summed E-state index contributed by atoms with van der Waals surface area (Å²) >= 11 is 12.1. The zero-order chi connectivity index (χ0) is 19.0. The minimum Gasteiger partial charge on any atom is -0.408 e. The van der Waals surface area contributed by atoms with Gasteiger partial charge in [0.25, 0.3) is 0 Å². The maximum atomic E-state index is 12.8. The number of carbonyl (C=O) groups is 1. The maximum absolute atomic E-state index is 12.8. The van der Waals surface area contributed by atoms with E-state index in [0.717, 1.165) is 5.56 Å². The van der Waals surface area contributed by atoms with E-state index in [4.69, 9.17) is 32.4 Å². The predicted molar refractivity (Wildman–Crippen MR) is 102 cm³/mol. The topological polar surface area (TPSA) is 64.7 Å². The van der Waals surface area contributed by atoms with E-state index in [0.29, 0.717) is 40.8 Å². The van der Waals surface area contributed by atoms with Crippen LogP contribution < -0.4 is 5.76 Å². The number of amides is 1. The first kappa shape index (κ1) is 18.1. The minimum absolute atomic E-state index is 0.0845. The second-order valence-electron chi connectivity index (χ2n) is 6.32. The molecule has 2 aromatic carbocycles. The van der Waals surface area contributed by atoms with Gasteiger partial charge in [0, 0.05) is 16.6 Å². The molecule has 4 rings (SSSR count). The summed E-state index contributed by atoms with van der Waals surface area (Å²) in [6.07, 6.45) is -0.322. The van der Waals surface area contributed by atoms with E-state index in [1.165, 1.54) is 4.57 Å². The molecular formula is C19H16Cl2N2O4. The Hall–Kier alpha value is -2.28. The molecule has 1 aliphatic rings. The summed E-state index contributed by atoms with van der Waals surface area (Å²) in [6.45, 7) is 1.12. The zero-order valence-corrected chi connectivity index (χ0v) is 15.7. The number of fused-ring (bicyclic) bond motifs is 1. The van der Waals surface area contributed by atoms with Gasteiger partial charge >= 0.3 is 5.76 Å². The predicted octanol–water partition coefficient (Wildman–Crippen LogP) is 3.50. The molecule has 27 heavy (non-hydrogen) atoms. The Morgan fingerprint density at radius 1 is 1.15 bits per heavy atom. The molecule has 140 valence electrons. The molecular weight excluding hydrogens is 391 g/mol. The lowest BCUT2D eigenvalue weighted by Gasteiger charge is -2.33. The van der Waals surface area contributed by atoms with E-state index in [1.807, 2.05) is 0 Å². The molecule has 1 saturated heterocycles. The Bertz CT molecular complexity index is 1040. The number of hydrogen-bond donors (Lipinski definition) is 0. The van der Waals surface area contributed by atoms with Gasteiger partial charge in [-0.1, -0.05) is 35.3 Å². The standard InChI is InChI=1S/C19H16Cl2N2O4/c20-13-7-12(8-14(21)9-13)17-10-22(5-6-26-17)18(24)11-23-15-3-1-2-4-16(15)27-19(23)25/h1-4,7-9,17H,5-6,10-11H2. The van der Waals surface area contributed by atoms with Crippen LogP contribution in [0, 0.1) is 0 Å². The molecule has 6 nitrogen and oxygen atoms in total. The average molecular weight is 407 g/mol. The van der Waals surface area contributed by atoms with Crippen LogP contribution >= 0.6 is 23.2 Å². The van der Waals surface area contributed by atoms with E-state index < -0.39 is 5.76 Å². The van der Waals surface area contributed by atoms with Gasteiger partial charge in [-0.25, -0.2) is 4.79 Å². The molecule has 1 amide bonds. The molecule has 1 unspecified atom stereocenters. The summed E-state index contributed by atoms with van der Waals surface area (Å²) in [6, 6.07) is 12.2. The number of hydrogen-bond acceptors (Lipinski definition) is 4. The van der Waals surface area contributed by atoms with E-state index in [2.05, 4.69) is 0 Å². The molecule has 1 aliphatic heterocycles. The highest BCUT2D eigenvalue weighted by Crippen LogP contribution is 2.28. The summed E-state index contributed by atoms with van der Waals surface area (Å²) in [7, 11) is 0. The van der Waals surface area contributed by atoms with Crippen LogP contribution in [0.2, 0.25) is 10.0 Å². The Labute approximate surface area is 164 Å². The van der Waals surface area contributed by atoms with Crippen LogP contribution in [0.1, 0.15) is 11.7 Å². The summed E-state index contributed by atoms with van der Waals surface area (Å²) in [4.78, 5) is 26.6. The summed E-state index contributed by atoms with van der Waals surface area (Å²) < 4.78 is 12.3. The van der Waals surface area contributed by atoms with Crippen molar-refractivity contribution in [1.82, 2.24) is 9.47 Å². The van der Waals surface area contributed by atoms with Gasteiger partial charge in [0.2, 0.25) is 5.91 Å². The van der Waals surface area contributed by atoms with E-state index in [1.54, 1.807) is 47.4 Å². The fraction of sp³-hybridized carbons (Fsp3) is 0.263. The summed E-state index contributed by atoms with van der Waals surface area (Å²) in [5.41, 5.74) is 1.88. The van der Waals surface area contributed by atoms with Crippen molar-refractivity contribution in [3.8, 4) is 0 Å². The fourth-order valence-corrected chi connectivity index (χ4v) is 3.78. The van der Waals surface area contributed by atoms with Crippen molar-refractivity contribution < 1.29 is 13.9 Å². The van der Waals surface area contributed by atoms with Crippen LogP contribution in [0.15, 0.2) is 51.7 Å². The fourth-order valence-electron chi connectivity index (χ4n) is 3.24. The number of carbonyl (C=O) groups excluding carboxylic acids is 1. The second-order valence-corrected chi connectivity index (χ2v) is 7.20. The maximum Gasteiger partial charge on any atom is 0.420 e. The normalized spacial score (nSPS) is 17.4. The second kappa shape index (κ2) is 7.38. The molecule has 0 aliphatic carbocycles. The first-order chi connectivity index (χ1) is 13.0. The van der Waals surface area contributed by atoms with Gasteiger partial charge in [-0.15, -0.1) is 0 Å². The van der Waals surface area contributed by atoms with Crippen LogP contribution in [-0.2, 0) is 16.1 Å². The highest BCUT2D eigenvalue weighted by atomic mass is 35.5. The smallest absolute Gasteiger partial charge is 0.408 e. The van der Waals surface area contributed by atoms with Crippen LogP contribution in [0.3, 0.4) is 0 Å². The first-order valence-corrected chi connectivity index (χ1v) is 9.20. The third kappa shape index (κ3) is 3.74. The molecule has 2 heterocycles. The van der Waals surface area contributed by atoms with Crippen molar-refractivity contribution in [2.24, 2.45) is 0 Å². The van der Waals surface area contributed by atoms with Gasteiger partial charge in [0.1, 0.15) is 12.6 Å². The Balaban J connectivity index is 1.53. The SMILES string of the molecule is O=C(Cn1c(=O)oc2ccccc21)N1CCOC(c2cc(Cl)cc(Cl)c2)C1. The van der Waals surface area contributed by atoms with E-state index >= 15 is 0 Å². The van der Waals surface area contributed by atoms with Gasteiger partial charge in [-0.05, 0) is 35.9 Å². The van der Waals surface area contributed by atoms with Gasteiger partial charge < -0.3 is 14.1 Å². The number of para-hydroxylation sites is 2. The molecule has 3 aromatic rings. The molecule has 0 N–H and O–H groups in total. The van der Waals surface area contributed by atoms with Crippen LogP contribution in [0.5, 0.6) is 0 Å². The third-order valence-corrected chi connectivity index (χ3v) is 4.98. The number of ether oxygens (including phenoxy) is 1. The number of morpholine rings is 1. The van der Waals surface area contributed by atoms with Crippen molar-refractivity contribution >= 4 is 40.2 Å². The summed E-state index contributed by atoms with van der Waals surface area (Å²) in [5.74, 6) is -0.721. The third-order valence-electron chi connectivity index (χ3n) is 4.54. The molecule has 0 saturated carbocycles. The molecule has 0 spiro atoms. The molecule has 1 fully saturated rings. The summed E-state index contributed by atoms with van der Waals surface area (Å²) in [5, 5.41) is 1.03. The molecule has 0 bridgehead atoms. The minimum atomic E-state index is -0.545. The van der Waals surface area contributed by atoms with Crippen molar-refractivity contribution in [1.29, 1.82) is 0 Å². The van der Waals surface area contributed by atoms with Crippen molar-refractivity contribution in [3.63, 3.8) is 0 Å². The van der Waals surface area contributed by atoms with Gasteiger partial charge in [-0.3, -0.25) is 9.36 Å². The highest BCUT2D eigenvalue weighted by molar-refractivity contribution is 6.34. The lowest BCUT2D eigenvalue weighted by atomic mass is 10.1. The first-order valence-electron chi connectivity index (χ1n) is 8.45. The van der Waals surface area contributed by atoms with Gasteiger partial charge in [0.15, 0.2) is 5.58 Å². The number of benzene rings is 2. The van der Waals surface area contributed by atoms with Crippen LogP contribution in [-0.4, -0.2) is 35.1 Å².